The maximum absolute atomic E-state index is 12.7. The zero-order valence-corrected chi connectivity index (χ0v) is 34.2. The van der Waals surface area contributed by atoms with Gasteiger partial charge >= 0.3 is 11.9 Å². The van der Waals surface area contributed by atoms with Crippen LogP contribution in [-0.2, 0) is 28.5 Å². The van der Waals surface area contributed by atoms with Crippen LogP contribution in [0.2, 0.25) is 0 Å². The average molecular weight is 769 g/mol. The molecule has 1 fully saturated rings. The Balaban J connectivity index is 2.34. The second kappa shape index (κ2) is 35.6. The van der Waals surface area contributed by atoms with Crippen molar-refractivity contribution in [3.63, 3.8) is 0 Å². The first-order chi connectivity index (χ1) is 26.3. The van der Waals surface area contributed by atoms with E-state index in [4.69, 9.17) is 18.9 Å². The molecule has 0 spiro atoms. The van der Waals surface area contributed by atoms with E-state index in [0.29, 0.717) is 6.42 Å². The Morgan fingerprint density at radius 2 is 1.06 bits per heavy atom. The lowest BCUT2D eigenvalue weighted by atomic mass is 9.99. The molecule has 0 aromatic heterocycles. The van der Waals surface area contributed by atoms with Gasteiger partial charge in [0.2, 0.25) is 0 Å². The van der Waals surface area contributed by atoms with Crippen LogP contribution >= 0.6 is 0 Å². The molecule has 316 valence electrons. The summed E-state index contributed by atoms with van der Waals surface area (Å²) < 4.78 is 22.1. The van der Waals surface area contributed by atoms with Gasteiger partial charge in [-0.25, -0.2) is 0 Å². The first-order valence-corrected chi connectivity index (χ1v) is 21.9. The number of hydrogen-bond donors (Lipinski definition) is 4. The van der Waals surface area contributed by atoms with Gasteiger partial charge in [0, 0.05) is 12.8 Å². The lowest BCUT2D eigenvalue weighted by Crippen LogP contribution is -2.59. The first-order valence-electron chi connectivity index (χ1n) is 21.9. The Morgan fingerprint density at radius 1 is 0.574 bits per heavy atom. The monoisotopic (exact) mass is 769 g/mol. The second-order valence-electron chi connectivity index (χ2n) is 15.2. The molecule has 54 heavy (non-hydrogen) atoms. The molecule has 0 aromatic rings. The maximum Gasteiger partial charge on any atom is 0.306 e. The SMILES string of the molecule is CCCC/C=C/C/C=C/CCCCCCCC(=O)O[C@@H](COC(=O)CCCCCCCCCCCCCCCCC)CO[C@H]1O[C@@H](CO)[C@@H](O)C(O)C1O. The average Bonchev–Trinajstić information content (AvgIpc) is 3.17. The van der Waals surface area contributed by atoms with Gasteiger partial charge in [0.15, 0.2) is 12.4 Å². The second-order valence-corrected chi connectivity index (χ2v) is 15.2. The molecule has 0 aliphatic carbocycles. The molecule has 1 saturated heterocycles. The predicted octanol–water partition coefficient (Wildman–Crippen LogP) is 8.94. The van der Waals surface area contributed by atoms with Crippen molar-refractivity contribution in [1.82, 2.24) is 0 Å². The van der Waals surface area contributed by atoms with Crippen LogP contribution in [0.15, 0.2) is 24.3 Å². The number of hydrogen-bond acceptors (Lipinski definition) is 10. The summed E-state index contributed by atoms with van der Waals surface area (Å²) in [6, 6.07) is 0. The molecule has 4 N–H and O–H groups in total. The van der Waals surface area contributed by atoms with Crippen molar-refractivity contribution in [3.8, 4) is 0 Å². The number of esters is 2. The van der Waals surface area contributed by atoms with Crippen LogP contribution in [0.5, 0.6) is 0 Å². The highest BCUT2D eigenvalue weighted by Crippen LogP contribution is 2.22. The van der Waals surface area contributed by atoms with Crippen molar-refractivity contribution < 1.29 is 49.0 Å². The van der Waals surface area contributed by atoms with Gasteiger partial charge in [-0.15, -0.1) is 0 Å². The molecule has 1 rings (SSSR count). The third-order valence-electron chi connectivity index (χ3n) is 10.1. The van der Waals surface area contributed by atoms with Crippen LogP contribution in [0.1, 0.15) is 187 Å². The highest BCUT2D eigenvalue weighted by molar-refractivity contribution is 5.70. The molecule has 1 aliphatic rings. The van der Waals surface area contributed by atoms with Crippen LogP contribution in [0.25, 0.3) is 0 Å². The van der Waals surface area contributed by atoms with E-state index < -0.39 is 49.4 Å². The number of ether oxygens (including phenoxy) is 4. The lowest BCUT2D eigenvalue weighted by Gasteiger charge is -2.39. The summed E-state index contributed by atoms with van der Waals surface area (Å²) in [5.41, 5.74) is 0. The minimum absolute atomic E-state index is 0.216. The van der Waals surface area contributed by atoms with Crippen molar-refractivity contribution >= 4 is 11.9 Å². The molecular formula is C44H80O10. The number of rotatable bonds is 36. The first kappa shape index (κ1) is 50.2. The Kier molecular flexibility index (Phi) is 33.1. The number of aliphatic hydroxyl groups is 4. The molecule has 6 atom stereocenters. The highest BCUT2D eigenvalue weighted by atomic mass is 16.7. The van der Waals surface area contributed by atoms with Gasteiger partial charge in [-0.2, -0.15) is 0 Å². The molecule has 0 aromatic carbocycles. The van der Waals surface area contributed by atoms with Crippen LogP contribution in [-0.4, -0.2) is 89.0 Å². The maximum atomic E-state index is 12.7. The van der Waals surface area contributed by atoms with Crippen molar-refractivity contribution in [2.75, 3.05) is 19.8 Å². The van der Waals surface area contributed by atoms with Crippen LogP contribution in [0, 0.1) is 0 Å². The predicted molar refractivity (Wildman–Crippen MR) is 215 cm³/mol. The summed E-state index contributed by atoms with van der Waals surface area (Å²) in [4.78, 5) is 25.3. The van der Waals surface area contributed by atoms with Gasteiger partial charge in [0.1, 0.15) is 31.0 Å². The summed E-state index contributed by atoms with van der Waals surface area (Å²) in [5.74, 6) is -0.817. The van der Waals surface area contributed by atoms with E-state index in [9.17, 15) is 30.0 Å². The number of allylic oxidation sites excluding steroid dienone is 4. The van der Waals surface area contributed by atoms with Gasteiger partial charge in [-0.3, -0.25) is 9.59 Å². The quantitative estimate of drug-likeness (QED) is 0.0276. The molecule has 0 bridgehead atoms. The Bertz CT molecular complexity index is 938. The highest BCUT2D eigenvalue weighted by Gasteiger charge is 2.44. The summed E-state index contributed by atoms with van der Waals surface area (Å²) in [7, 11) is 0. The molecule has 10 heteroatoms. The topological polar surface area (TPSA) is 152 Å². The smallest absolute Gasteiger partial charge is 0.306 e. The molecular weight excluding hydrogens is 688 g/mol. The van der Waals surface area contributed by atoms with E-state index in [2.05, 4.69) is 38.2 Å². The van der Waals surface area contributed by atoms with Crippen molar-refractivity contribution in [1.29, 1.82) is 0 Å². The number of carbonyl (C=O) groups excluding carboxylic acids is 2. The molecule has 0 radical (unpaired) electrons. The van der Waals surface area contributed by atoms with E-state index in [-0.39, 0.29) is 32.0 Å². The fraction of sp³-hybridized carbons (Fsp3) is 0.864. The summed E-state index contributed by atoms with van der Waals surface area (Å²) in [5, 5.41) is 40.0. The van der Waals surface area contributed by atoms with Crippen molar-refractivity contribution in [2.45, 2.75) is 224 Å². The van der Waals surface area contributed by atoms with Gasteiger partial charge in [-0.05, 0) is 38.5 Å². The van der Waals surface area contributed by atoms with Gasteiger partial charge in [0.25, 0.3) is 0 Å². The minimum atomic E-state index is -1.59. The molecule has 1 aliphatic heterocycles. The zero-order valence-electron chi connectivity index (χ0n) is 34.2. The molecule has 0 amide bonds. The molecule has 1 heterocycles. The summed E-state index contributed by atoms with van der Waals surface area (Å²) >= 11 is 0. The van der Waals surface area contributed by atoms with E-state index in [1.54, 1.807) is 0 Å². The van der Waals surface area contributed by atoms with E-state index in [1.807, 2.05) is 0 Å². The summed E-state index contributed by atoms with van der Waals surface area (Å²) in [6.07, 6.45) is 30.4. The number of carbonyl (C=O) groups is 2. The number of unbranched alkanes of at least 4 members (excludes halogenated alkanes) is 21. The van der Waals surface area contributed by atoms with E-state index in [1.165, 1.54) is 89.9 Å². The fourth-order valence-electron chi connectivity index (χ4n) is 6.56. The Morgan fingerprint density at radius 3 is 1.59 bits per heavy atom. The normalized spacial score (nSPS) is 20.9. The largest absolute Gasteiger partial charge is 0.462 e. The minimum Gasteiger partial charge on any atom is -0.462 e. The van der Waals surface area contributed by atoms with Crippen molar-refractivity contribution in [2.24, 2.45) is 0 Å². The zero-order chi connectivity index (χ0) is 39.5. The van der Waals surface area contributed by atoms with Gasteiger partial charge in [-0.1, -0.05) is 160 Å². The third-order valence-corrected chi connectivity index (χ3v) is 10.1. The summed E-state index contributed by atoms with van der Waals surface area (Å²) in [6.45, 7) is 3.37. The van der Waals surface area contributed by atoms with Crippen LogP contribution in [0.4, 0.5) is 0 Å². The van der Waals surface area contributed by atoms with Crippen molar-refractivity contribution in [3.05, 3.63) is 24.3 Å². The van der Waals surface area contributed by atoms with E-state index >= 15 is 0 Å². The molecule has 10 nitrogen and oxygen atoms in total. The van der Waals surface area contributed by atoms with Gasteiger partial charge in [0.05, 0.1) is 13.2 Å². The van der Waals surface area contributed by atoms with Gasteiger partial charge < -0.3 is 39.4 Å². The Hall–Kier alpha value is -1.82. The van der Waals surface area contributed by atoms with Crippen LogP contribution in [0.3, 0.4) is 0 Å². The molecule has 0 saturated carbocycles. The fourth-order valence-corrected chi connectivity index (χ4v) is 6.56. The van der Waals surface area contributed by atoms with Crippen LogP contribution < -0.4 is 0 Å². The van der Waals surface area contributed by atoms with E-state index in [0.717, 1.165) is 64.2 Å². The number of aliphatic hydroxyl groups excluding tert-OH is 4. The Labute approximate surface area is 328 Å². The molecule has 2 unspecified atom stereocenters. The third kappa shape index (κ3) is 26.9. The lowest BCUT2D eigenvalue weighted by molar-refractivity contribution is -0.305. The standard InChI is InChI=1S/C44H80O10/c1-3-5-7-9-11-13-15-17-19-21-22-24-26-28-30-32-39(46)51-35-37(36-52-44-43(50)42(49)41(48)38(34-45)54-44)53-40(47)33-31-29-27-25-23-20-18-16-14-12-10-8-6-4-2/h10,12,16,18,37-38,41-45,48-50H,3-9,11,13-15,17,19-36H2,1-2H3/b12-10+,18-16+/t37-,38-,41+,42?,43?,44-/m0/s1.